The van der Waals surface area contributed by atoms with Gasteiger partial charge in [-0.2, -0.15) is 0 Å². The second-order valence-corrected chi connectivity index (χ2v) is 16.6. The Kier molecular flexibility index (Phi) is 6.87. The van der Waals surface area contributed by atoms with Gasteiger partial charge in [-0.15, -0.1) is 0 Å². The van der Waals surface area contributed by atoms with Gasteiger partial charge in [0.15, 0.2) is 0 Å². The molecule has 1 unspecified atom stereocenters. The fraction of sp³-hybridized carbons (Fsp3) is 1.00. The summed E-state index contributed by atoms with van der Waals surface area (Å²) in [6.07, 6.45) is 24.0. The summed E-state index contributed by atoms with van der Waals surface area (Å²) in [6.45, 7) is 21.5. The molecule has 0 radical (unpaired) electrons. The zero-order valence-electron chi connectivity index (χ0n) is 25.3. The van der Waals surface area contributed by atoms with Crippen LogP contribution in [-0.4, -0.2) is 0 Å². The lowest BCUT2D eigenvalue weighted by atomic mass is 9.32. The van der Waals surface area contributed by atoms with E-state index < -0.39 is 0 Å². The molecule has 0 bridgehead atoms. The van der Waals surface area contributed by atoms with E-state index in [2.05, 4.69) is 55.4 Å². The summed E-state index contributed by atoms with van der Waals surface area (Å²) in [5.41, 5.74) is 2.89. The maximum absolute atomic E-state index is 2.84. The van der Waals surface area contributed by atoms with Gasteiger partial charge in [0.2, 0.25) is 0 Å². The van der Waals surface area contributed by atoms with E-state index in [4.69, 9.17) is 0 Å². The molecule has 5 rings (SSSR count). The van der Waals surface area contributed by atoms with E-state index in [-0.39, 0.29) is 0 Å². The van der Waals surface area contributed by atoms with Crippen molar-refractivity contribution in [3.8, 4) is 0 Å². The molecule has 0 aromatic carbocycles. The second kappa shape index (κ2) is 9.04. The molecule has 0 aromatic heterocycles. The van der Waals surface area contributed by atoms with Gasteiger partial charge in [-0.1, -0.05) is 93.9 Å². The molecule has 0 nitrogen and oxygen atoms in total. The zero-order valence-corrected chi connectivity index (χ0v) is 25.3. The average molecular weight is 483 g/mol. The summed E-state index contributed by atoms with van der Waals surface area (Å²) in [5.74, 6) is 5.88. The molecule has 35 heavy (non-hydrogen) atoms. The van der Waals surface area contributed by atoms with Crippen molar-refractivity contribution in [1.29, 1.82) is 0 Å². The molecule has 0 N–H and O–H groups in total. The Morgan fingerprint density at radius 1 is 0.629 bits per heavy atom. The van der Waals surface area contributed by atoms with Crippen LogP contribution < -0.4 is 0 Å². The molecule has 0 spiro atoms. The van der Waals surface area contributed by atoms with E-state index in [0.29, 0.717) is 27.1 Å². The van der Waals surface area contributed by atoms with Crippen LogP contribution >= 0.6 is 0 Å². The molecule has 0 amide bonds. The molecule has 202 valence electrons. The first-order valence-corrected chi connectivity index (χ1v) is 16.4. The average Bonchev–Trinajstić information content (AvgIpc) is 3.13. The van der Waals surface area contributed by atoms with Crippen LogP contribution in [0.25, 0.3) is 0 Å². The first-order chi connectivity index (χ1) is 16.4. The Balaban J connectivity index is 1.38. The first-order valence-electron chi connectivity index (χ1n) is 16.4. The molecular formula is C35H62. The van der Waals surface area contributed by atoms with Gasteiger partial charge >= 0.3 is 0 Å². The molecular weight excluding hydrogens is 420 g/mol. The minimum Gasteiger partial charge on any atom is -0.0654 e. The molecule has 0 aliphatic heterocycles. The molecule has 5 saturated carbocycles. The van der Waals surface area contributed by atoms with Crippen LogP contribution in [0.15, 0.2) is 0 Å². The quantitative estimate of drug-likeness (QED) is 0.330. The SMILES string of the molecule is CCCCCCC(C)[C@H]1CC[C@@]2(C)[C@@H]1CC[C@]1(C)[C@@H]2CC[C@@H]2[C@@]3(C)CCCC(C)(C)[C@@H]3CC[C@]21C. The fourth-order valence-corrected chi connectivity index (χ4v) is 13.1. The highest BCUT2D eigenvalue weighted by molar-refractivity contribution is 5.19. The highest BCUT2D eigenvalue weighted by atomic mass is 14.7. The second-order valence-electron chi connectivity index (χ2n) is 16.6. The third kappa shape index (κ3) is 3.78. The molecule has 5 aliphatic carbocycles. The van der Waals surface area contributed by atoms with Gasteiger partial charge in [0.25, 0.3) is 0 Å². The smallest absolute Gasteiger partial charge is 0.0235 e. The zero-order chi connectivity index (χ0) is 25.3. The summed E-state index contributed by atoms with van der Waals surface area (Å²) in [4.78, 5) is 0. The van der Waals surface area contributed by atoms with Gasteiger partial charge in [0, 0.05) is 0 Å². The normalized spacial score (nSPS) is 51.6. The van der Waals surface area contributed by atoms with Crippen molar-refractivity contribution in [2.24, 2.45) is 62.6 Å². The number of hydrogen-bond donors (Lipinski definition) is 0. The van der Waals surface area contributed by atoms with Crippen LogP contribution in [0.3, 0.4) is 0 Å². The largest absolute Gasteiger partial charge is 0.0654 e. The molecule has 10 atom stereocenters. The van der Waals surface area contributed by atoms with Crippen LogP contribution in [0, 0.1) is 62.6 Å². The molecule has 0 aromatic rings. The Labute approximate surface area is 220 Å². The lowest BCUT2D eigenvalue weighted by molar-refractivity contribution is -0.241. The van der Waals surface area contributed by atoms with Crippen LogP contribution in [-0.2, 0) is 0 Å². The van der Waals surface area contributed by atoms with Crippen LogP contribution in [0.1, 0.15) is 158 Å². The first kappa shape index (κ1) is 26.6. The lowest BCUT2D eigenvalue weighted by Gasteiger charge is -2.73. The van der Waals surface area contributed by atoms with Crippen molar-refractivity contribution in [3.63, 3.8) is 0 Å². The summed E-state index contributed by atoms with van der Waals surface area (Å²) >= 11 is 0. The highest BCUT2D eigenvalue weighted by Gasteiger charge is 2.70. The number of fused-ring (bicyclic) bond motifs is 7. The van der Waals surface area contributed by atoms with E-state index in [1.807, 2.05) is 0 Å². The Hall–Kier alpha value is 0. The standard InChI is InChI=1S/C35H62/c1-9-10-11-12-14-25(2)26-17-22-32(5)27(26)18-23-34(7)29(32)15-16-30-33(6)21-13-20-31(3,4)28(33)19-24-35(30,34)8/h25-30H,9-24H2,1-8H3/t25?,26-,27-,28+,29-,30-,32+,33+,34-,35-/m1/s1. The summed E-state index contributed by atoms with van der Waals surface area (Å²) < 4.78 is 0. The topological polar surface area (TPSA) is 0 Å². The van der Waals surface area contributed by atoms with E-state index in [0.717, 1.165) is 35.5 Å². The highest BCUT2D eigenvalue weighted by Crippen LogP contribution is 2.78. The van der Waals surface area contributed by atoms with Crippen molar-refractivity contribution in [3.05, 3.63) is 0 Å². The maximum atomic E-state index is 2.84. The van der Waals surface area contributed by atoms with E-state index in [1.165, 1.54) is 83.5 Å². The van der Waals surface area contributed by atoms with Gasteiger partial charge in [-0.3, -0.25) is 0 Å². The summed E-state index contributed by atoms with van der Waals surface area (Å²) in [7, 11) is 0. The van der Waals surface area contributed by atoms with Crippen molar-refractivity contribution in [2.45, 2.75) is 158 Å². The lowest BCUT2D eigenvalue weighted by Crippen LogP contribution is -2.65. The minimum atomic E-state index is 0.557. The summed E-state index contributed by atoms with van der Waals surface area (Å²) in [6, 6.07) is 0. The third-order valence-electron chi connectivity index (χ3n) is 15.0. The molecule has 0 saturated heterocycles. The Bertz CT molecular complexity index is 764. The third-order valence-corrected chi connectivity index (χ3v) is 15.0. The monoisotopic (exact) mass is 482 g/mol. The van der Waals surface area contributed by atoms with Gasteiger partial charge in [0.05, 0.1) is 0 Å². The van der Waals surface area contributed by atoms with Gasteiger partial charge < -0.3 is 0 Å². The van der Waals surface area contributed by atoms with Crippen LogP contribution in [0.4, 0.5) is 0 Å². The molecule has 0 heterocycles. The predicted molar refractivity (Wildman–Crippen MR) is 152 cm³/mol. The van der Waals surface area contributed by atoms with Crippen LogP contribution in [0.2, 0.25) is 0 Å². The van der Waals surface area contributed by atoms with Gasteiger partial charge in [0.1, 0.15) is 0 Å². The van der Waals surface area contributed by atoms with E-state index in [9.17, 15) is 0 Å². The van der Waals surface area contributed by atoms with Crippen molar-refractivity contribution in [1.82, 2.24) is 0 Å². The Morgan fingerprint density at radius 2 is 1.29 bits per heavy atom. The van der Waals surface area contributed by atoms with Crippen molar-refractivity contribution < 1.29 is 0 Å². The van der Waals surface area contributed by atoms with Gasteiger partial charge in [-0.25, -0.2) is 0 Å². The number of unbranched alkanes of at least 4 members (excludes halogenated alkanes) is 3. The maximum Gasteiger partial charge on any atom is -0.0235 e. The number of hydrogen-bond acceptors (Lipinski definition) is 0. The van der Waals surface area contributed by atoms with E-state index >= 15 is 0 Å². The number of rotatable bonds is 6. The van der Waals surface area contributed by atoms with Crippen molar-refractivity contribution in [2.75, 3.05) is 0 Å². The molecule has 0 heteroatoms. The Morgan fingerprint density at radius 3 is 1.97 bits per heavy atom. The molecule has 5 aliphatic rings. The van der Waals surface area contributed by atoms with E-state index in [1.54, 1.807) is 19.3 Å². The van der Waals surface area contributed by atoms with Crippen molar-refractivity contribution >= 4 is 0 Å². The predicted octanol–water partition coefficient (Wildman–Crippen LogP) is 11.1. The summed E-state index contributed by atoms with van der Waals surface area (Å²) in [5, 5.41) is 0. The van der Waals surface area contributed by atoms with Crippen LogP contribution in [0.5, 0.6) is 0 Å². The fourth-order valence-electron chi connectivity index (χ4n) is 13.1. The van der Waals surface area contributed by atoms with Gasteiger partial charge in [-0.05, 0) is 127 Å². The minimum absolute atomic E-state index is 0.557. The molecule has 5 fully saturated rings.